The van der Waals surface area contributed by atoms with Gasteiger partial charge in [0.15, 0.2) is 9.84 Å². The molecule has 0 bridgehead atoms. The summed E-state index contributed by atoms with van der Waals surface area (Å²) in [6.07, 6.45) is -4.63. The SMILES string of the molecule is CC(C)(C)N1CC(CS(=O)(=O)CC(F)(F)F)C1. The number of hydrogen-bond acceptors (Lipinski definition) is 3. The highest BCUT2D eigenvalue weighted by atomic mass is 32.2. The smallest absolute Gasteiger partial charge is 0.298 e. The minimum atomic E-state index is -4.63. The Morgan fingerprint density at radius 2 is 1.65 bits per heavy atom. The standard InChI is InChI=1S/C10H18F3NO2S/c1-9(2,3)14-4-8(5-14)6-17(15,16)7-10(11,12)13/h8H,4-7H2,1-3H3. The molecule has 1 rings (SSSR count). The Morgan fingerprint density at radius 3 is 2.00 bits per heavy atom. The molecule has 1 aliphatic heterocycles. The zero-order chi connectivity index (χ0) is 13.5. The quantitative estimate of drug-likeness (QED) is 0.785. The fourth-order valence-electron chi connectivity index (χ4n) is 1.89. The first kappa shape index (κ1) is 14.8. The summed E-state index contributed by atoms with van der Waals surface area (Å²) in [5, 5.41) is 0. The molecule has 1 fully saturated rings. The van der Waals surface area contributed by atoms with Crippen LogP contribution in [0.15, 0.2) is 0 Å². The summed E-state index contributed by atoms with van der Waals surface area (Å²) in [6, 6.07) is 0. The van der Waals surface area contributed by atoms with E-state index in [1.165, 1.54) is 0 Å². The molecule has 0 aliphatic carbocycles. The largest absolute Gasteiger partial charge is 0.402 e. The van der Waals surface area contributed by atoms with Gasteiger partial charge in [-0.3, -0.25) is 4.90 Å². The van der Waals surface area contributed by atoms with Gasteiger partial charge in [0.1, 0.15) is 5.75 Å². The Bertz CT molecular complexity index is 364. The highest BCUT2D eigenvalue weighted by Crippen LogP contribution is 2.27. The molecule has 102 valence electrons. The van der Waals surface area contributed by atoms with Gasteiger partial charge in [0.05, 0.1) is 5.75 Å². The Kier molecular flexibility index (Phi) is 3.84. The van der Waals surface area contributed by atoms with E-state index in [0.29, 0.717) is 13.1 Å². The molecule has 17 heavy (non-hydrogen) atoms. The molecule has 3 nitrogen and oxygen atoms in total. The van der Waals surface area contributed by atoms with Crippen molar-refractivity contribution < 1.29 is 21.6 Å². The van der Waals surface area contributed by atoms with E-state index in [-0.39, 0.29) is 17.2 Å². The molecular weight excluding hydrogens is 255 g/mol. The van der Waals surface area contributed by atoms with E-state index in [2.05, 4.69) is 4.90 Å². The van der Waals surface area contributed by atoms with Gasteiger partial charge in [-0.1, -0.05) is 0 Å². The van der Waals surface area contributed by atoms with E-state index in [1.807, 2.05) is 20.8 Å². The van der Waals surface area contributed by atoms with E-state index in [1.54, 1.807) is 0 Å². The first-order valence-electron chi connectivity index (χ1n) is 5.41. The minimum absolute atomic E-state index is 0.0513. The normalized spacial score (nSPS) is 20.4. The van der Waals surface area contributed by atoms with Crippen molar-refractivity contribution in [3.63, 3.8) is 0 Å². The third-order valence-corrected chi connectivity index (χ3v) is 4.53. The van der Waals surface area contributed by atoms with Crippen LogP contribution in [0.1, 0.15) is 20.8 Å². The van der Waals surface area contributed by atoms with Crippen molar-refractivity contribution in [3.05, 3.63) is 0 Å². The van der Waals surface area contributed by atoms with E-state index in [0.717, 1.165) is 0 Å². The van der Waals surface area contributed by atoms with Crippen LogP contribution in [0.4, 0.5) is 13.2 Å². The van der Waals surface area contributed by atoms with Gasteiger partial charge >= 0.3 is 6.18 Å². The van der Waals surface area contributed by atoms with Crippen molar-refractivity contribution >= 4 is 9.84 Å². The number of rotatable bonds is 3. The molecule has 1 aliphatic rings. The first-order valence-corrected chi connectivity index (χ1v) is 7.23. The van der Waals surface area contributed by atoms with Gasteiger partial charge in [0.25, 0.3) is 0 Å². The van der Waals surface area contributed by atoms with Crippen LogP contribution in [0.2, 0.25) is 0 Å². The van der Waals surface area contributed by atoms with Gasteiger partial charge in [-0.15, -0.1) is 0 Å². The van der Waals surface area contributed by atoms with Crippen LogP contribution < -0.4 is 0 Å². The molecular formula is C10H18F3NO2S. The van der Waals surface area contributed by atoms with Gasteiger partial charge in [0, 0.05) is 18.6 Å². The second kappa shape index (κ2) is 4.42. The molecule has 7 heteroatoms. The van der Waals surface area contributed by atoms with Crippen molar-refractivity contribution in [3.8, 4) is 0 Å². The lowest BCUT2D eigenvalue weighted by molar-refractivity contribution is -0.106. The van der Waals surface area contributed by atoms with Gasteiger partial charge < -0.3 is 0 Å². The van der Waals surface area contributed by atoms with Crippen molar-refractivity contribution in [1.82, 2.24) is 4.90 Å². The Labute approximate surface area is 99.9 Å². The molecule has 0 unspecified atom stereocenters. The molecule has 0 aromatic heterocycles. The maximum Gasteiger partial charge on any atom is 0.402 e. The molecule has 0 aromatic rings. The van der Waals surface area contributed by atoms with Crippen LogP contribution in [0.25, 0.3) is 0 Å². The topological polar surface area (TPSA) is 37.4 Å². The van der Waals surface area contributed by atoms with Gasteiger partial charge in [-0.25, -0.2) is 8.42 Å². The van der Waals surface area contributed by atoms with E-state index in [4.69, 9.17) is 0 Å². The van der Waals surface area contributed by atoms with Gasteiger partial charge in [-0.05, 0) is 26.7 Å². The van der Waals surface area contributed by atoms with E-state index >= 15 is 0 Å². The highest BCUT2D eigenvalue weighted by Gasteiger charge is 2.40. The third kappa shape index (κ3) is 4.83. The fourth-order valence-corrected chi connectivity index (χ4v) is 3.44. The Balaban J connectivity index is 2.44. The van der Waals surface area contributed by atoms with E-state index in [9.17, 15) is 21.6 Å². The number of hydrogen-bond donors (Lipinski definition) is 0. The minimum Gasteiger partial charge on any atom is -0.298 e. The van der Waals surface area contributed by atoms with E-state index < -0.39 is 21.8 Å². The van der Waals surface area contributed by atoms with Crippen LogP contribution >= 0.6 is 0 Å². The highest BCUT2D eigenvalue weighted by molar-refractivity contribution is 7.91. The van der Waals surface area contributed by atoms with Crippen molar-refractivity contribution in [2.75, 3.05) is 24.6 Å². The molecule has 0 amide bonds. The van der Waals surface area contributed by atoms with Crippen molar-refractivity contribution in [2.45, 2.75) is 32.5 Å². The molecule has 0 radical (unpaired) electrons. The summed E-state index contributed by atoms with van der Waals surface area (Å²) in [7, 11) is -4.02. The Morgan fingerprint density at radius 1 is 1.18 bits per heavy atom. The first-order chi connectivity index (χ1) is 7.39. The average molecular weight is 273 g/mol. The van der Waals surface area contributed by atoms with Crippen LogP contribution in [0, 0.1) is 5.92 Å². The molecule has 0 aromatic carbocycles. The van der Waals surface area contributed by atoms with Crippen LogP contribution in [0.5, 0.6) is 0 Å². The predicted molar refractivity (Wildman–Crippen MR) is 59.5 cm³/mol. The summed E-state index contributed by atoms with van der Waals surface area (Å²) in [4.78, 5) is 2.06. The zero-order valence-electron chi connectivity index (χ0n) is 10.2. The predicted octanol–water partition coefficient (Wildman–Crippen LogP) is 1.69. The average Bonchev–Trinajstić information content (AvgIpc) is 1.87. The molecule has 0 atom stereocenters. The lowest BCUT2D eigenvalue weighted by atomic mass is 9.94. The molecule has 1 saturated heterocycles. The molecule has 0 spiro atoms. The summed E-state index contributed by atoms with van der Waals surface area (Å²) in [5.74, 6) is -2.23. The second-order valence-electron chi connectivity index (χ2n) is 5.61. The Hall–Kier alpha value is -0.300. The maximum absolute atomic E-state index is 12.0. The number of nitrogens with zero attached hydrogens (tertiary/aromatic N) is 1. The van der Waals surface area contributed by atoms with Crippen molar-refractivity contribution in [1.29, 1.82) is 0 Å². The van der Waals surface area contributed by atoms with Crippen LogP contribution in [-0.2, 0) is 9.84 Å². The van der Waals surface area contributed by atoms with Gasteiger partial charge in [-0.2, -0.15) is 13.2 Å². The number of alkyl halides is 3. The fraction of sp³-hybridized carbons (Fsp3) is 1.00. The van der Waals surface area contributed by atoms with Crippen molar-refractivity contribution in [2.24, 2.45) is 5.92 Å². The lowest BCUT2D eigenvalue weighted by Crippen LogP contribution is -2.57. The molecule has 0 saturated carbocycles. The summed E-state index contributed by atoms with van der Waals surface area (Å²) in [5.41, 5.74) is -0.0513. The monoisotopic (exact) mass is 273 g/mol. The third-order valence-electron chi connectivity index (χ3n) is 2.78. The summed E-state index contributed by atoms with van der Waals surface area (Å²) in [6.45, 7) is 7.09. The molecule has 0 N–H and O–H groups in total. The summed E-state index contributed by atoms with van der Waals surface area (Å²) < 4.78 is 58.5. The summed E-state index contributed by atoms with van der Waals surface area (Å²) >= 11 is 0. The zero-order valence-corrected chi connectivity index (χ0v) is 11.0. The second-order valence-corrected chi connectivity index (χ2v) is 7.72. The molecule has 1 heterocycles. The van der Waals surface area contributed by atoms with Crippen LogP contribution in [0.3, 0.4) is 0 Å². The van der Waals surface area contributed by atoms with Gasteiger partial charge in [0.2, 0.25) is 0 Å². The number of sulfone groups is 1. The lowest BCUT2D eigenvalue weighted by Gasteiger charge is -2.47. The van der Waals surface area contributed by atoms with Crippen LogP contribution in [-0.4, -0.2) is 49.6 Å². The maximum atomic E-state index is 12.0. The number of likely N-dealkylation sites (tertiary alicyclic amines) is 1. The number of halogens is 3.